The number of amides is 1. The number of esters is 1. The normalized spacial score (nSPS) is 10.2. The second-order valence-electron chi connectivity index (χ2n) is 6.44. The Labute approximate surface area is 170 Å². The molecule has 29 heavy (non-hydrogen) atoms. The summed E-state index contributed by atoms with van der Waals surface area (Å²) >= 11 is 0. The van der Waals surface area contributed by atoms with Gasteiger partial charge in [-0.15, -0.1) is 0 Å². The molecule has 0 heterocycles. The van der Waals surface area contributed by atoms with Crippen molar-refractivity contribution in [2.45, 2.75) is 19.4 Å². The van der Waals surface area contributed by atoms with Crippen molar-refractivity contribution in [3.8, 4) is 5.75 Å². The van der Waals surface area contributed by atoms with Crippen molar-refractivity contribution < 1.29 is 19.1 Å². The summed E-state index contributed by atoms with van der Waals surface area (Å²) < 4.78 is 10.8. The van der Waals surface area contributed by atoms with Crippen LogP contribution < -0.4 is 10.1 Å². The monoisotopic (exact) mass is 389 g/mol. The van der Waals surface area contributed by atoms with Gasteiger partial charge in [-0.2, -0.15) is 0 Å². The third kappa shape index (κ3) is 6.81. The molecule has 0 fully saturated rings. The molecule has 0 saturated heterocycles. The van der Waals surface area contributed by atoms with E-state index in [-0.39, 0.29) is 18.5 Å². The van der Waals surface area contributed by atoms with Crippen molar-refractivity contribution in [2.75, 3.05) is 11.9 Å². The van der Waals surface area contributed by atoms with E-state index < -0.39 is 0 Å². The zero-order chi connectivity index (χ0) is 20.3. The highest BCUT2D eigenvalue weighted by atomic mass is 16.5. The van der Waals surface area contributed by atoms with Crippen LogP contribution in [0.25, 0.3) is 0 Å². The fourth-order valence-corrected chi connectivity index (χ4v) is 2.64. The van der Waals surface area contributed by atoms with Crippen LogP contribution in [-0.2, 0) is 16.1 Å². The van der Waals surface area contributed by atoms with Crippen LogP contribution in [0.15, 0.2) is 84.9 Å². The smallest absolute Gasteiger partial charge is 0.306 e. The van der Waals surface area contributed by atoms with Gasteiger partial charge in [0.15, 0.2) is 0 Å². The second kappa shape index (κ2) is 10.7. The van der Waals surface area contributed by atoms with Crippen LogP contribution in [0.5, 0.6) is 5.75 Å². The highest BCUT2D eigenvalue weighted by Crippen LogP contribution is 2.12. The molecule has 0 unspecified atom stereocenters. The summed E-state index contributed by atoms with van der Waals surface area (Å²) in [6, 6.07) is 25.8. The molecule has 0 aliphatic carbocycles. The number of anilines is 1. The van der Waals surface area contributed by atoms with E-state index in [2.05, 4.69) is 5.32 Å². The molecule has 3 aromatic rings. The third-order valence-electron chi connectivity index (χ3n) is 4.18. The maximum absolute atomic E-state index is 12.2. The molecule has 0 spiro atoms. The minimum Gasteiger partial charge on any atom is -0.494 e. The van der Waals surface area contributed by atoms with E-state index in [0.29, 0.717) is 25.0 Å². The Hall–Kier alpha value is -3.60. The Morgan fingerprint density at radius 2 is 1.45 bits per heavy atom. The number of carbonyl (C=O) groups is 2. The molecule has 148 valence electrons. The van der Waals surface area contributed by atoms with Gasteiger partial charge in [0.25, 0.3) is 5.91 Å². The van der Waals surface area contributed by atoms with E-state index in [1.165, 1.54) is 0 Å². The van der Waals surface area contributed by atoms with Crippen LogP contribution in [0.3, 0.4) is 0 Å². The summed E-state index contributed by atoms with van der Waals surface area (Å²) in [5, 5.41) is 2.83. The lowest BCUT2D eigenvalue weighted by Crippen LogP contribution is -2.12. The molecule has 0 aromatic heterocycles. The first-order chi connectivity index (χ1) is 14.2. The summed E-state index contributed by atoms with van der Waals surface area (Å²) in [6.45, 7) is 0.642. The number of carbonyl (C=O) groups excluding carboxylic acids is 2. The summed E-state index contributed by atoms with van der Waals surface area (Å²) in [6.07, 6.45) is 0.886. The molecule has 1 amide bonds. The Balaban J connectivity index is 1.37. The van der Waals surface area contributed by atoms with Gasteiger partial charge in [-0.05, 0) is 48.4 Å². The lowest BCUT2D eigenvalue weighted by Gasteiger charge is -2.08. The van der Waals surface area contributed by atoms with E-state index in [9.17, 15) is 9.59 Å². The average Bonchev–Trinajstić information content (AvgIpc) is 2.77. The summed E-state index contributed by atoms with van der Waals surface area (Å²) in [4.78, 5) is 24.1. The predicted molar refractivity (Wildman–Crippen MR) is 112 cm³/mol. The van der Waals surface area contributed by atoms with Gasteiger partial charge >= 0.3 is 5.97 Å². The van der Waals surface area contributed by atoms with Crippen LogP contribution in [0.4, 0.5) is 5.69 Å². The largest absolute Gasteiger partial charge is 0.494 e. The minimum absolute atomic E-state index is 0.180. The van der Waals surface area contributed by atoms with E-state index in [0.717, 1.165) is 17.0 Å². The van der Waals surface area contributed by atoms with Crippen LogP contribution >= 0.6 is 0 Å². The molecule has 3 rings (SSSR count). The summed E-state index contributed by atoms with van der Waals surface area (Å²) in [7, 11) is 0. The van der Waals surface area contributed by atoms with Gasteiger partial charge in [-0.3, -0.25) is 9.59 Å². The maximum Gasteiger partial charge on any atom is 0.306 e. The van der Waals surface area contributed by atoms with Gasteiger partial charge in [0.2, 0.25) is 0 Å². The fourth-order valence-electron chi connectivity index (χ4n) is 2.64. The topological polar surface area (TPSA) is 64.6 Å². The number of rotatable bonds is 9. The van der Waals surface area contributed by atoms with E-state index >= 15 is 0 Å². The molecule has 0 aliphatic heterocycles. The van der Waals surface area contributed by atoms with E-state index in [4.69, 9.17) is 9.47 Å². The van der Waals surface area contributed by atoms with Gasteiger partial charge in [-0.1, -0.05) is 48.5 Å². The van der Waals surface area contributed by atoms with Crippen LogP contribution in [0.1, 0.15) is 28.8 Å². The van der Waals surface area contributed by atoms with Crippen molar-refractivity contribution in [3.05, 3.63) is 96.1 Å². The first-order valence-corrected chi connectivity index (χ1v) is 9.49. The molecule has 1 N–H and O–H groups in total. The lowest BCUT2D eigenvalue weighted by molar-refractivity contribution is -0.145. The molecule has 5 nitrogen and oxygen atoms in total. The predicted octanol–water partition coefficient (Wildman–Crippen LogP) is 4.84. The SMILES string of the molecule is O=C(CCCOc1ccccc1)OCc1ccc(C(=O)Nc2ccccc2)cc1. The summed E-state index contributed by atoms with van der Waals surface area (Å²) in [5.74, 6) is 0.336. The molecule has 0 saturated carbocycles. The second-order valence-corrected chi connectivity index (χ2v) is 6.44. The van der Waals surface area contributed by atoms with Gasteiger partial charge in [0, 0.05) is 17.7 Å². The Kier molecular flexibility index (Phi) is 7.41. The minimum atomic E-state index is -0.271. The number of hydrogen-bond acceptors (Lipinski definition) is 4. The molecule has 0 atom stereocenters. The average molecular weight is 389 g/mol. The van der Waals surface area contributed by atoms with Crippen LogP contribution in [-0.4, -0.2) is 18.5 Å². The van der Waals surface area contributed by atoms with E-state index in [1.807, 2.05) is 60.7 Å². The zero-order valence-corrected chi connectivity index (χ0v) is 16.0. The lowest BCUT2D eigenvalue weighted by atomic mass is 10.1. The van der Waals surface area contributed by atoms with Crippen molar-refractivity contribution in [1.29, 1.82) is 0 Å². The molecule has 0 bridgehead atoms. The highest BCUT2D eigenvalue weighted by Gasteiger charge is 2.07. The molecular weight excluding hydrogens is 366 g/mol. The van der Waals surface area contributed by atoms with Crippen LogP contribution in [0, 0.1) is 0 Å². The van der Waals surface area contributed by atoms with Gasteiger partial charge < -0.3 is 14.8 Å². The van der Waals surface area contributed by atoms with E-state index in [1.54, 1.807) is 24.3 Å². The standard InChI is InChI=1S/C24H23NO4/c26-23(12-7-17-28-22-10-5-2-6-11-22)29-18-19-13-15-20(16-14-19)24(27)25-21-8-3-1-4-9-21/h1-6,8-11,13-16H,7,12,17-18H2,(H,25,27). The quantitative estimate of drug-likeness (QED) is 0.420. The number of hydrogen-bond donors (Lipinski definition) is 1. The maximum atomic E-state index is 12.2. The molecule has 3 aromatic carbocycles. The van der Waals surface area contributed by atoms with Crippen molar-refractivity contribution in [3.63, 3.8) is 0 Å². The Bertz CT molecular complexity index is 909. The molecule has 0 aliphatic rings. The third-order valence-corrected chi connectivity index (χ3v) is 4.18. The highest BCUT2D eigenvalue weighted by molar-refractivity contribution is 6.04. The van der Waals surface area contributed by atoms with Crippen molar-refractivity contribution >= 4 is 17.6 Å². The van der Waals surface area contributed by atoms with Gasteiger partial charge in [-0.25, -0.2) is 0 Å². The van der Waals surface area contributed by atoms with Crippen molar-refractivity contribution in [2.24, 2.45) is 0 Å². The Morgan fingerprint density at radius 1 is 0.793 bits per heavy atom. The Morgan fingerprint density at radius 3 is 2.14 bits per heavy atom. The number of nitrogens with one attached hydrogen (secondary N) is 1. The molecule has 0 radical (unpaired) electrons. The van der Waals surface area contributed by atoms with Crippen molar-refractivity contribution in [1.82, 2.24) is 0 Å². The first kappa shape index (κ1) is 20.1. The van der Waals surface area contributed by atoms with Crippen LogP contribution in [0.2, 0.25) is 0 Å². The number of benzene rings is 3. The summed E-state index contributed by atoms with van der Waals surface area (Å²) in [5.41, 5.74) is 2.11. The number of ether oxygens (including phenoxy) is 2. The molecular formula is C24H23NO4. The number of para-hydroxylation sites is 2. The van der Waals surface area contributed by atoms with Gasteiger partial charge in [0.05, 0.1) is 6.61 Å². The zero-order valence-electron chi connectivity index (χ0n) is 16.0. The first-order valence-electron chi connectivity index (χ1n) is 9.49. The van der Waals surface area contributed by atoms with Gasteiger partial charge in [0.1, 0.15) is 12.4 Å². The molecule has 5 heteroatoms. The fraction of sp³-hybridized carbons (Fsp3) is 0.167.